The summed E-state index contributed by atoms with van der Waals surface area (Å²) >= 11 is 0. The van der Waals surface area contributed by atoms with Crippen molar-refractivity contribution in [3.63, 3.8) is 0 Å². The molecule has 114 valence electrons. The number of amides is 1. The predicted molar refractivity (Wildman–Crippen MR) is 75.2 cm³/mol. The van der Waals surface area contributed by atoms with Gasteiger partial charge in [-0.15, -0.1) is 0 Å². The van der Waals surface area contributed by atoms with E-state index < -0.39 is 10.7 Å². The van der Waals surface area contributed by atoms with E-state index in [2.05, 4.69) is 5.32 Å². The lowest BCUT2D eigenvalue weighted by molar-refractivity contribution is -0.385. The first-order valence-corrected chi connectivity index (χ1v) is 6.99. The van der Waals surface area contributed by atoms with Crippen molar-refractivity contribution in [3.8, 4) is 0 Å². The standard InChI is InChI=1S/C14H18FN3O3/c15-12-3-4-13(18(20)21)11(9-12)10-16-6-5-14(19)17-7-1-2-8-17/h3-4,9,16H,1-2,5-8,10H2. The maximum atomic E-state index is 13.1. The monoisotopic (exact) mass is 295 g/mol. The summed E-state index contributed by atoms with van der Waals surface area (Å²) in [7, 11) is 0. The summed E-state index contributed by atoms with van der Waals surface area (Å²) in [6, 6.07) is 3.37. The van der Waals surface area contributed by atoms with E-state index in [9.17, 15) is 19.3 Å². The molecule has 7 heteroatoms. The molecule has 1 aliphatic heterocycles. The Balaban J connectivity index is 1.81. The molecular weight excluding hydrogens is 277 g/mol. The van der Waals surface area contributed by atoms with E-state index in [4.69, 9.17) is 0 Å². The number of hydrogen-bond donors (Lipinski definition) is 1. The van der Waals surface area contributed by atoms with Crippen LogP contribution in [0.4, 0.5) is 10.1 Å². The Bertz CT molecular complexity index is 530. The summed E-state index contributed by atoms with van der Waals surface area (Å²) in [6.07, 6.45) is 2.45. The van der Waals surface area contributed by atoms with Gasteiger partial charge in [0.25, 0.3) is 5.69 Å². The van der Waals surface area contributed by atoms with E-state index in [0.717, 1.165) is 44.1 Å². The summed E-state index contributed by atoms with van der Waals surface area (Å²) < 4.78 is 13.1. The quantitative estimate of drug-likeness (QED) is 0.493. The van der Waals surface area contributed by atoms with Gasteiger partial charge in [0.15, 0.2) is 0 Å². The van der Waals surface area contributed by atoms with Crippen molar-refractivity contribution < 1.29 is 14.1 Å². The third-order valence-electron chi connectivity index (χ3n) is 3.53. The fourth-order valence-electron chi connectivity index (χ4n) is 2.42. The number of likely N-dealkylation sites (tertiary alicyclic amines) is 1. The zero-order chi connectivity index (χ0) is 15.2. The van der Waals surface area contributed by atoms with Crippen LogP contribution in [-0.4, -0.2) is 35.4 Å². The van der Waals surface area contributed by atoms with Crippen LogP contribution in [0, 0.1) is 15.9 Å². The zero-order valence-electron chi connectivity index (χ0n) is 11.7. The Morgan fingerprint density at radius 3 is 2.76 bits per heavy atom. The highest BCUT2D eigenvalue weighted by molar-refractivity contribution is 5.76. The number of nitrogens with one attached hydrogen (secondary N) is 1. The molecule has 1 aliphatic rings. The molecule has 1 aromatic rings. The van der Waals surface area contributed by atoms with Crippen LogP contribution in [0.3, 0.4) is 0 Å². The molecule has 0 aliphatic carbocycles. The summed E-state index contributed by atoms with van der Waals surface area (Å²) in [5.41, 5.74) is 0.170. The highest BCUT2D eigenvalue weighted by Crippen LogP contribution is 2.19. The average Bonchev–Trinajstić information content (AvgIpc) is 2.97. The Hall–Kier alpha value is -2.02. The van der Waals surface area contributed by atoms with Crippen molar-refractivity contribution in [1.29, 1.82) is 0 Å². The Morgan fingerprint density at radius 2 is 2.10 bits per heavy atom. The van der Waals surface area contributed by atoms with Gasteiger partial charge in [-0.05, 0) is 25.0 Å². The van der Waals surface area contributed by atoms with E-state index in [-0.39, 0.29) is 23.7 Å². The second-order valence-electron chi connectivity index (χ2n) is 5.04. The fraction of sp³-hybridized carbons (Fsp3) is 0.500. The molecule has 0 unspecified atom stereocenters. The summed E-state index contributed by atoms with van der Waals surface area (Å²) in [5.74, 6) is -0.417. The van der Waals surface area contributed by atoms with Crippen LogP contribution in [0.5, 0.6) is 0 Å². The Labute approximate surface area is 122 Å². The maximum Gasteiger partial charge on any atom is 0.274 e. The summed E-state index contributed by atoms with van der Waals surface area (Å²) in [6.45, 7) is 2.22. The lowest BCUT2D eigenvalue weighted by Gasteiger charge is -2.15. The number of hydrogen-bond acceptors (Lipinski definition) is 4. The molecular formula is C14H18FN3O3. The molecule has 1 N–H and O–H groups in total. The van der Waals surface area contributed by atoms with E-state index in [1.165, 1.54) is 0 Å². The summed E-state index contributed by atoms with van der Waals surface area (Å²) in [5, 5.41) is 13.8. The number of carbonyl (C=O) groups excluding carboxylic acids is 1. The number of carbonyl (C=O) groups is 1. The zero-order valence-corrected chi connectivity index (χ0v) is 11.7. The van der Waals surface area contributed by atoms with E-state index >= 15 is 0 Å². The minimum Gasteiger partial charge on any atom is -0.343 e. The normalized spacial score (nSPS) is 14.4. The molecule has 2 rings (SSSR count). The number of nitro benzene ring substituents is 1. The SMILES string of the molecule is O=C(CCNCc1cc(F)ccc1[N+](=O)[O-])N1CCCC1. The Morgan fingerprint density at radius 1 is 1.38 bits per heavy atom. The minimum absolute atomic E-state index is 0.0914. The summed E-state index contributed by atoms with van der Waals surface area (Å²) in [4.78, 5) is 23.9. The van der Waals surface area contributed by atoms with Crippen molar-refractivity contribution in [1.82, 2.24) is 10.2 Å². The number of nitro groups is 1. The molecule has 6 nitrogen and oxygen atoms in total. The van der Waals surface area contributed by atoms with Gasteiger partial charge >= 0.3 is 0 Å². The molecule has 1 aromatic carbocycles. The first-order chi connectivity index (χ1) is 10.1. The van der Waals surface area contributed by atoms with Crippen molar-refractivity contribution in [2.45, 2.75) is 25.8 Å². The molecule has 0 radical (unpaired) electrons. The fourth-order valence-corrected chi connectivity index (χ4v) is 2.42. The van der Waals surface area contributed by atoms with Crippen LogP contribution >= 0.6 is 0 Å². The Kier molecular flexibility index (Phi) is 5.21. The molecule has 1 amide bonds. The number of rotatable bonds is 6. The first-order valence-electron chi connectivity index (χ1n) is 6.99. The molecule has 1 heterocycles. The van der Waals surface area contributed by atoms with Crippen LogP contribution in [0.15, 0.2) is 18.2 Å². The number of halogens is 1. The van der Waals surface area contributed by atoms with Gasteiger partial charge in [0.1, 0.15) is 5.82 Å². The van der Waals surface area contributed by atoms with Gasteiger partial charge in [-0.25, -0.2) is 4.39 Å². The number of benzene rings is 1. The molecule has 21 heavy (non-hydrogen) atoms. The van der Waals surface area contributed by atoms with Gasteiger partial charge in [-0.1, -0.05) is 0 Å². The van der Waals surface area contributed by atoms with Gasteiger partial charge in [0.05, 0.1) is 4.92 Å². The maximum absolute atomic E-state index is 13.1. The van der Waals surface area contributed by atoms with Crippen LogP contribution < -0.4 is 5.32 Å². The lowest BCUT2D eigenvalue weighted by Crippen LogP contribution is -2.30. The van der Waals surface area contributed by atoms with Crippen molar-refractivity contribution in [2.75, 3.05) is 19.6 Å². The van der Waals surface area contributed by atoms with Crippen LogP contribution in [-0.2, 0) is 11.3 Å². The largest absolute Gasteiger partial charge is 0.343 e. The lowest BCUT2D eigenvalue weighted by atomic mass is 10.1. The van der Waals surface area contributed by atoms with Gasteiger partial charge in [-0.2, -0.15) is 0 Å². The predicted octanol–water partition coefficient (Wildman–Crippen LogP) is 1.84. The average molecular weight is 295 g/mol. The molecule has 1 fully saturated rings. The van der Waals surface area contributed by atoms with E-state index in [1.54, 1.807) is 0 Å². The van der Waals surface area contributed by atoms with Crippen LogP contribution in [0.25, 0.3) is 0 Å². The van der Waals surface area contributed by atoms with Gasteiger partial charge < -0.3 is 10.2 Å². The second-order valence-corrected chi connectivity index (χ2v) is 5.04. The molecule has 1 saturated heterocycles. The van der Waals surface area contributed by atoms with Crippen LogP contribution in [0.1, 0.15) is 24.8 Å². The van der Waals surface area contributed by atoms with Gasteiger partial charge in [0.2, 0.25) is 5.91 Å². The highest BCUT2D eigenvalue weighted by Gasteiger charge is 2.17. The van der Waals surface area contributed by atoms with Gasteiger partial charge in [-0.3, -0.25) is 14.9 Å². The van der Waals surface area contributed by atoms with Crippen molar-refractivity contribution >= 4 is 11.6 Å². The molecule has 0 saturated carbocycles. The number of nitrogens with zero attached hydrogens (tertiary/aromatic N) is 2. The third kappa shape index (κ3) is 4.22. The molecule has 0 bridgehead atoms. The molecule has 0 spiro atoms. The van der Waals surface area contributed by atoms with E-state index in [0.29, 0.717) is 13.0 Å². The smallest absolute Gasteiger partial charge is 0.274 e. The third-order valence-corrected chi connectivity index (χ3v) is 3.53. The molecule has 0 atom stereocenters. The van der Waals surface area contributed by atoms with Crippen LogP contribution in [0.2, 0.25) is 0 Å². The highest BCUT2D eigenvalue weighted by atomic mass is 19.1. The molecule has 0 aromatic heterocycles. The topological polar surface area (TPSA) is 75.5 Å². The second kappa shape index (κ2) is 7.12. The van der Waals surface area contributed by atoms with Crippen molar-refractivity contribution in [2.24, 2.45) is 0 Å². The minimum atomic E-state index is -0.536. The van der Waals surface area contributed by atoms with Gasteiger partial charge in [0, 0.05) is 44.2 Å². The van der Waals surface area contributed by atoms with Crippen molar-refractivity contribution in [3.05, 3.63) is 39.7 Å². The van der Waals surface area contributed by atoms with E-state index in [1.807, 2.05) is 4.90 Å². The first kappa shape index (κ1) is 15.4.